The SMILES string of the molecule is O=C1N([C@H]2CC[C@@H](O)CC2)CC[C@]12CCCN(c1ccc(Oc3cccnc3)cc1F)C2. The molecule has 1 aromatic carbocycles. The second-order valence-electron chi connectivity index (χ2n) is 9.42. The lowest BCUT2D eigenvalue weighted by atomic mass is 9.78. The minimum absolute atomic E-state index is 0.223. The van der Waals surface area contributed by atoms with E-state index in [1.807, 2.05) is 4.90 Å². The van der Waals surface area contributed by atoms with Crippen LogP contribution < -0.4 is 9.64 Å². The van der Waals surface area contributed by atoms with Crippen molar-refractivity contribution in [2.24, 2.45) is 5.41 Å². The third kappa shape index (κ3) is 4.06. The van der Waals surface area contributed by atoms with Crippen LogP contribution in [0.25, 0.3) is 0 Å². The number of benzene rings is 1. The summed E-state index contributed by atoms with van der Waals surface area (Å²) in [6, 6.07) is 8.70. The van der Waals surface area contributed by atoms with Crippen LogP contribution in [0.3, 0.4) is 0 Å². The predicted molar refractivity (Wildman–Crippen MR) is 119 cm³/mol. The van der Waals surface area contributed by atoms with Crippen molar-refractivity contribution in [3.63, 3.8) is 0 Å². The molecule has 5 rings (SSSR count). The molecule has 1 aliphatic carbocycles. The number of aromatic nitrogens is 1. The molecule has 1 atom stereocenters. The number of amides is 1. The molecule has 0 radical (unpaired) electrons. The summed E-state index contributed by atoms with van der Waals surface area (Å²) in [4.78, 5) is 21.6. The average molecular weight is 440 g/mol. The summed E-state index contributed by atoms with van der Waals surface area (Å²) in [5, 5.41) is 9.81. The standard InChI is InChI=1S/C25H30FN3O3/c26-22-15-20(32-21-3-1-12-27-16-21)8-9-23(22)28-13-2-10-25(17-28)11-14-29(24(25)31)18-4-6-19(30)7-5-18/h1,3,8-9,12,15-16,18-19,30H,2,4-7,10-11,13-14,17H2/t18-,19+,25-/m0/s1. The number of aliphatic hydroxyl groups excluding tert-OH is 1. The quantitative estimate of drug-likeness (QED) is 0.776. The molecule has 3 fully saturated rings. The highest BCUT2D eigenvalue weighted by Crippen LogP contribution is 2.44. The number of aliphatic hydroxyl groups is 1. The van der Waals surface area contributed by atoms with Gasteiger partial charge in [0, 0.05) is 37.9 Å². The Bertz CT molecular complexity index is 964. The van der Waals surface area contributed by atoms with Gasteiger partial charge in [-0.1, -0.05) is 0 Å². The first-order chi connectivity index (χ1) is 15.5. The zero-order valence-electron chi connectivity index (χ0n) is 18.3. The minimum Gasteiger partial charge on any atom is -0.456 e. The highest BCUT2D eigenvalue weighted by atomic mass is 19.1. The summed E-state index contributed by atoms with van der Waals surface area (Å²) in [5.74, 6) is 0.865. The molecule has 170 valence electrons. The minimum atomic E-state index is -0.425. The Kier molecular flexibility index (Phi) is 5.76. The molecule has 3 aliphatic rings. The van der Waals surface area contributed by atoms with Gasteiger partial charge in [0.15, 0.2) is 0 Å². The number of hydrogen-bond acceptors (Lipinski definition) is 5. The van der Waals surface area contributed by atoms with Crippen LogP contribution in [0.2, 0.25) is 0 Å². The van der Waals surface area contributed by atoms with Crippen molar-refractivity contribution in [3.8, 4) is 11.5 Å². The predicted octanol–water partition coefficient (Wildman–Crippen LogP) is 4.14. The number of carbonyl (C=O) groups excluding carboxylic acids is 1. The van der Waals surface area contributed by atoms with E-state index < -0.39 is 5.41 Å². The number of piperidine rings is 1. The van der Waals surface area contributed by atoms with E-state index in [4.69, 9.17) is 4.74 Å². The van der Waals surface area contributed by atoms with Crippen molar-refractivity contribution in [1.82, 2.24) is 9.88 Å². The molecule has 32 heavy (non-hydrogen) atoms. The Hall–Kier alpha value is -2.67. The Morgan fingerprint density at radius 2 is 1.94 bits per heavy atom. The summed E-state index contributed by atoms with van der Waals surface area (Å²) >= 11 is 0. The van der Waals surface area contributed by atoms with E-state index >= 15 is 4.39 Å². The van der Waals surface area contributed by atoms with Crippen LogP contribution in [0.1, 0.15) is 44.9 Å². The van der Waals surface area contributed by atoms with Crippen LogP contribution in [0.15, 0.2) is 42.7 Å². The number of carbonyl (C=O) groups is 1. The third-order valence-corrected chi connectivity index (χ3v) is 7.36. The normalized spacial score (nSPS) is 28.4. The van der Waals surface area contributed by atoms with E-state index in [1.54, 1.807) is 36.7 Å². The van der Waals surface area contributed by atoms with E-state index in [9.17, 15) is 9.90 Å². The van der Waals surface area contributed by atoms with Gasteiger partial charge in [-0.2, -0.15) is 0 Å². The lowest BCUT2D eigenvalue weighted by molar-refractivity contribution is -0.139. The van der Waals surface area contributed by atoms with Gasteiger partial charge in [0.1, 0.15) is 17.3 Å². The van der Waals surface area contributed by atoms with Crippen LogP contribution in [-0.2, 0) is 4.79 Å². The molecule has 2 aliphatic heterocycles. The smallest absolute Gasteiger partial charge is 0.230 e. The van der Waals surface area contributed by atoms with Gasteiger partial charge in [-0.05, 0) is 69.2 Å². The van der Waals surface area contributed by atoms with Crippen LogP contribution in [0, 0.1) is 11.2 Å². The number of hydrogen-bond donors (Lipinski definition) is 1. The van der Waals surface area contributed by atoms with Crippen LogP contribution in [0.5, 0.6) is 11.5 Å². The second-order valence-corrected chi connectivity index (χ2v) is 9.42. The van der Waals surface area contributed by atoms with Crippen molar-refractivity contribution in [3.05, 3.63) is 48.5 Å². The number of rotatable bonds is 4. The summed E-state index contributed by atoms with van der Waals surface area (Å²) in [6.45, 7) is 2.07. The van der Waals surface area contributed by atoms with Crippen LogP contribution >= 0.6 is 0 Å². The van der Waals surface area contributed by atoms with Gasteiger partial charge in [0.25, 0.3) is 0 Å². The van der Waals surface area contributed by atoms with Crippen LogP contribution in [0.4, 0.5) is 10.1 Å². The van der Waals surface area contributed by atoms with Gasteiger partial charge in [0.2, 0.25) is 5.91 Å². The zero-order valence-corrected chi connectivity index (χ0v) is 18.3. The number of halogens is 1. The van der Waals surface area contributed by atoms with Gasteiger partial charge in [0.05, 0.1) is 23.4 Å². The van der Waals surface area contributed by atoms with Gasteiger partial charge in [-0.15, -0.1) is 0 Å². The van der Waals surface area contributed by atoms with E-state index in [2.05, 4.69) is 9.88 Å². The summed E-state index contributed by atoms with van der Waals surface area (Å²) < 4.78 is 20.8. The molecule has 6 nitrogen and oxygen atoms in total. The first-order valence-electron chi connectivity index (χ1n) is 11.7. The third-order valence-electron chi connectivity index (χ3n) is 7.36. The van der Waals surface area contributed by atoms with E-state index in [-0.39, 0.29) is 23.9 Å². The summed E-state index contributed by atoms with van der Waals surface area (Å²) in [6.07, 6.45) is 8.87. The molecule has 1 saturated carbocycles. The summed E-state index contributed by atoms with van der Waals surface area (Å²) in [5.41, 5.74) is 0.0979. The second kappa shape index (κ2) is 8.70. The molecule has 1 amide bonds. The number of likely N-dealkylation sites (tertiary alicyclic amines) is 1. The Morgan fingerprint density at radius 1 is 1.09 bits per heavy atom. The summed E-state index contributed by atoms with van der Waals surface area (Å²) in [7, 11) is 0. The molecule has 2 saturated heterocycles. The number of anilines is 1. The Labute approximate surface area is 188 Å². The molecular formula is C25H30FN3O3. The molecule has 1 aromatic heterocycles. The van der Waals surface area contributed by atoms with E-state index in [1.165, 1.54) is 6.07 Å². The van der Waals surface area contributed by atoms with Gasteiger partial charge < -0.3 is 19.6 Å². The molecule has 0 unspecified atom stereocenters. The first-order valence-corrected chi connectivity index (χ1v) is 11.7. The van der Waals surface area contributed by atoms with Crippen molar-refractivity contribution >= 4 is 11.6 Å². The van der Waals surface area contributed by atoms with Crippen molar-refractivity contribution in [2.75, 3.05) is 24.5 Å². The van der Waals surface area contributed by atoms with Gasteiger partial charge in [-0.3, -0.25) is 9.78 Å². The molecule has 0 bridgehead atoms. The zero-order chi connectivity index (χ0) is 22.1. The molecule has 7 heteroatoms. The van der Waals surface area contributed by atoms with E-state index in [0.29, 0.717) is 23.7 Å². The maximum atomic E-state index is 15.1. The van der Waals surface area contributed by atoms with Gasteiger partial charge in [-0.25, -0.2) is 4.39 Å². The number of pyridine rings is 1. The molecule has 1 N–H and O–H groups in total. The highest BCUT2D eigenvalue weighted by Gasteiger charge is 2.50. The first kappa shape index (κ1) is 21.2. The fourth-order valence-corrected chi connectivity index (χ4v) is 5.63. The number of nitrogens with zero attached hydrogens (tertiary/aromatic N) is 3. The molecule has 3 heterocycles. The molecule has 1 spiro atoms. The lowest BCUT2D eigenvalue weighted by Crippen LogP contribution is -2.50. The topological polar surface area (TPSA) is 65.9 Å². The average Bonchev–Trinajstić information content (AvgIpc) is 3.10. The largest absolute Gasteiger partial charge is 0.456 e. The van der Waals surface area contributed by atoms with Crippen molar-refractivity contribution in [1.29, 1.82) is 0 Å². The molecule has 2 aromatic rings. The fraction of sp³-hybridized carbons (Fsp3) is 0.520. The fourth-order valence-electron chi connectivity index (χ4n) is 5.63. The van der Waals surface area contributed by atoms with Crippen molar-refractivity contribution < 1.29 is 19.0 Å². The van der Waals surface area contributed by atoms with Crippen LogP contribution in [-0.4, -0.2) is 52.7 Å². The number of ether oxygens (including phenoxy) is 1. The maximum absolute atomic E-state index is 15.1. The Balaban J connectivity index is 1.29. The van der Waals surface area contributed by atoms with E-state index in [0.717, 1.165) is 58.0 Å². The molecular weight excluding hydrogens is 409 g/mol. The maximum Gasteiger partial charge on any atom is 0.230 e. The monoisotopic (exact) mass is 439 g/mol. The van der Waals surface area contributed by atoms with Crippen molar-refractivity contribution in [2.45, 2.75) is 57.1 Å². The highest BCUT2D eigenvalue weighted by molar-refractivity contribution is 5.86. The van der Waals surface area contributed by atoms with Gasteiger partial charge >= 0.3 is 0 Å². The lowest BCUT2D eigenvalue weighted by Gasteiger charge is -2.41. The Morgan fingerprint density at radius 3 is 2.69 bits per heavy atom.